The Balaban J connectivity index is 2.53. The van der Waals surface area contributed by atoms with Crippen molar-refractivity contribution in [2.45, 2.75) is 26.3 Å². The van der Waals surface area contributed by atoms with Crippen LogP contribution in [0.3, 0.4) is 0 Å². The highest BCUT2D eigenvalue weighted by molar-refractivity contribution is 6.05. The molecule has 1 aromatic rings. The molecule has 0 saturated heterocycles. The van der Waals surface area contributed by atoms with Crippen molar-refractivity contribution in [3.8, 4) is 0 Å². The number of carbonyl (C=O) groups is 2. The molecule has 0 saturated carbocycles. The quantitative estimate of drug-likeness (QED) is 0.634. The fraction of sp³-hybridized carbons (Fsp3) is 0.500. The topological polar surface area (TPSA) is 55.2 Å². The van der Waals surface area contributed by atoms with Crippen molar-refractivity contribution in [3.63, 3.8) is 0 Å². The lowest BCUT2D eigenvalue weighted by Crippen LogP contribution is -2.42. The minimum atomic E-state index is -0.273. The van der Waals surface area contributed by atoms with Crippen LogP contribution in [0.25, 0.3) is 0 Å². The first-order chi connectivity index (χ1) is 7.02. The summed E-state index contributed by atoms with van der Waals surface area (Å²) in [5.74, 6) is 0.542. The van der Waals surface area contributed by atoms with Crippen LogP contribution in [0.5, 0.6) is 0 Å². The van der Waals surface area contributed by atoms with Crippen LogP contribution >= 0.6 is 0 Å². The van der Waals surface area contributed by atoms with Crippen LogP contribution in [0.2, 0.25) is 0 Å². The van der Waals surface area contributed by atoms with Gasteiger partial charge in [0.25, 0.3) is 5.91 Å². The lowest BCUT2D eigenvalue weighted by Gasteiger charge is -2.23. The highest BCUT2D eigenvalue weighted by atomic mass is 16.2. The summed E-state index contributed by atoms with van der Waals surface area (Å²) < 4.78 is 1.70. The molecule has 0 aliphatic carbocycles. The van der Waals surface area contributed by atoms with Gasteiger partial charge in [-0.1, -0.05) is 13.8 Å². The van der Waals surface area contributed by atoms with Crippen molar-refractivity contribution in [1.82, 2.24) is 14.5 Å². The summed E-state index contributed by atoms with van der Waals surface area (Å²) in [5, 5.41) is 0. The van der Waals surface area contributed by atoms with Gasteiger partial charge in [-0.25, -0.2) is 4.98 Å². The molecule has 5 nitrogen and oxygen atoms in total. The maximum absolute atomic E-state index is 11.7. The van der Waals surface area contributed by atoms with E-state index in [1.54, 1.807) is 10.8 Å². The van der Waals surface area contributed by atoms with Gasteiger partial charge in [-0.15, -0.1) is 0 Å². The Hall–Kier alpha value is -1.65. The van der Waals surface area contributed by atoms with E-state index in [-0.39, 0.29) is 24.3 Å². The number of fused-ring (bicyclic) bond motifs is 1. The SMILES string of the molecule is CC(C)c1ncc2n1CC(=O)N(C)C2=O. The number of likely N-dealkylation sites (N-methyl/N-ethyl adjacent to an activating group) is 1. The number of aromatic nitrogens is 2. The molecule has 0 bridgehead atoms. The second-order valence-corrected chi connectivity index (χ2v) is 4.00. The normalized spacial score (nSPS) is 16.1. The summed E-state index contributed by atoms with van der Waals surface area (Å²) in [6.45, 7) is 4.19. The van der Waals surface area contributed by atoms with E-state index in [0.717, 1.165) is 10.7 Å². The zero-order valence-corrected chi connectivity index (χ0v) is 9.02. The minimum absolute atomic E-state index is 0.188. The predicted octanol–water partition coefficient (Wildman–Crippen LogP) is 0.619. The van der Waals surface area contributed by atoms with E-state index < -0.39 is 0 Å². The van der Waals surface area contributed by atoms with Crippen molar-refractivity contribution in [1.29, 1.82) is 0 Å². The Kier molecular flexibility index (Phi) is 2.10. The number of hydrogen-bond donors (Lipinski definition) is 0. The van der Waals surface area contributed by atoms with Gasteiger partial charge in [0.15, 0.2) is 0 Å². The van der Waals surface area contributed by atoms with Crippen molar-refractivity contribution >= 4 is 11.8 Å². The summed E-state index contributed by atoms with van der Waals surface area (Å²) in [5.41, 5.74) is 0.501. The molecule has 80 valence electrons. The van der Waals surface area contributed by atoms with Gasteiger partial charge in [0, 0.05) is 13.0 Å². The zero-order valence-electron chi connectivity index (χ0n) is 9.02. The first kappa shape index (κ1) is 9.89. The summed E-state index contributed by atoms with van der Waals surface area (Å²) in [7, 11) is 1.50. The van der Waals surface area contributed by atoms with E-state index in [2.05, 4.69) is 4.98 Å². The zero-order chi connectivity index (χ0) is 11.2. The number of imide groups is 1. The first-order valence-corrected chi connectivity index (χ1v) is 4.88. The molecule has 0 radical (unpaired) electrons. The van der Waals surface area contributed by atoms with E-state index in [1.165, 1.54) is 7.05 Å². The van der Waals surface area contributed by atoms with Crippen LogP contribution in [0.1, 0.15) is 36.1 Å². The molecule has 0 N–H and O–H groups in total. The van der Waals surface area contributed by atoms with E-state index in [9.17, 15) is 9.59 Å². The molecule has 1 aliphatic heterocycles. The number of carbonyl (C=O) groups excluding carboxylic acids is 2. The minimum Gasteiger partial charge on any atom is -0.314 e. The van der Waals surface area contributed by atoms with Gasteiger partial charge < -0.3 is 4.57 Å². The molecular weight excluding hydrogens is 194 g/mol. The fourth-order valence-electron chi connectivity index (χ4n) is 1.71. The smallest absolute Gasteiger partial charge is 0.278 e. The van der Waals surface area contributed by atoms with Crippen molar-refractivity contribution in [2.75, 3.05) is 7.05 Å². The lowest BCUT2D eigenvalue weighted by atomic mass is 10.2. The molecule has 2 heterocycles. The lowest BCUT2D eigenvalue weighted by molar-refractivity contribution is -0.129. The third kappa shape index (κ3) is 1.35. The second-order valence-electron chi connectivity index (χ2n) is 4.00. The molecule has 0 atom stereocenters. The Bertz CT molecular complexity index is 434. The van der Waals surface area contributed by atoms with Gasteiger partial charge in [-0.2, -0.15) is 0 Å². The van der Waals surface area contributed by atoms with Crippen LogP contribution in [-0.4, -0.2) is 33.3 Å². The highest BCUT2D eigenvalue weighted by Crippen LogP contribution is 2.19. The molecule has 0 unspecified atom stereocenters. The average molecular weight is 207 g/mol. The summed E-state index contributed by atoms with van der Waals surface area (Å²) in [4.78, 5) is 28.5. The van der Waals surface area contributed by atoms with E-state index >= 15 is 0 Å². The van der Waals surface area contributed by atoms with Crippen molar-refractivity contribution in [3.05, 3.63) is 17.7 Å². The monoisotopic (exact) mass is 207 g/mol. The Morgan fingerprint density at radius 3 is 2.67 bits per heavy atom. The van der Waals surface area contributed by atoms with E-state index in [0.29, 0.717) is 5.69 Å². The molecule has 0 spiro atoms. The number of imidazole rings is 1. The third-order valence-corrected chi connectivity index (χ3v) is 2.59. The Morgan fingerprint density at radius 2 is 2.07 bits per heavy atom. The van der Waals surface area contributed by atoms with Crippen LogP contribution in [0.15, 0.2) is 6.20 Å². The van der Waals surface area contributed by atoms with Gasteiger partial charge in [0.1, 0.15) is 18.1 Å². The largest absolute Gasteiger partial charge is 0.314 e. The maximum Gasteiger partial charge on any atom is 0.278 e. The fourth-order valence-corrected chi connectivity index (χ4v) is 1.71. The van der Waals surface area contributed by atoms with Gasteiger partial charge in [0.05, 0.1) is 6.20 Å². The van der Waals surface area contributed by atoms with Crippen LogP contribution < -0.4 is 0 Å². The van der Waals surface area contributed by atoms with Crippen LogP contribution in [0, 0.1) is 0 Å². The molecule has 2 rings (SSSR count). The molecule has 15 heavy (non-hydrogen) atoms. The molecule has 1 aromatic heterocycles. The Morgan fingerprint density at radius 1 is 1.40 bits per heavy atom. The maximum atomic E-state index is 11.7. The summed E-state index contributed by atoms with van der Waals surface area (Å²) >= 11 is 0. The predicted molar refractivity (Wildman–Crippen MR) is 53.4 cm³/mol. The molecule has 0 fully saturated rings. The van der Waals surface area contributed by atoms with E-state index in [1.807, 2.05) is 13.8 Å². The van der Waals surface area contributed by atoms with E-state index in [4.69, 9.17) is 0 Å². The molecule has 2 amide bonds. The van der Waals surface area contributed by atoms with Crippen LogP contribution in [-0.2, 0) is 11.3 Å². The average Bonchev–Trinajstić information content (AvgIpc) is 2.58. The van der Waals surface area contributed by atoms with Gasteiger partial charge in [0.2, 0.25) is 5.91 Å². The summed E-state index contributed by atoms with van der Waals surface area (Å²) in [6.07, 6.45) is 1.54. The van der Waals surface area contributed by atoms with Gasteiger partial charge >= 0.3 is 0 Å². The standard InChI is InChI=1S/C10H13N3O2/c1-6(2)9-11-4-7-10(15)12(3)8(14)5-13(7)9/h4,6H,5H2,1-3H3. The third-order valence-electron chi connectivity index (χ3n) is 2.59. The molecular formula is C10H13N3O2. The number of nitrogens with zero attached hydrogens (tertiary/aromatic N) is 3. The van der Waals surface area contributed by atoms with Crippen molar-refractivity contribution < 1.29 is 9.59 Å². The number of amides is 2. The second kappa shape index (κ2) is 3.18. The van der Waals surface area contributed by atoms with Crippen LogP contribution in [0.4, 0.5) is 0 Å². The molecule has 0 aromatic carbocycles. The van der Waals surface area contributed by atoms with Crippen molar-refractivity contribution in [2.24, 2.45) is 0 Å². The summed E-state index contributed by atoms with van der Waals surface area (Å²) in [6, 6.07) is 0. The number of hydrogen-bond acceptors (Lipinski definition) is 3. The van der Waals surface area contributed by atoms with Gasteiger partial charge in [-0.3, -0.25) is 14.5 Å². The Labute approximate surface area is 87.7 Å². The number of rotatable bonds is 1. The highest BCUT2D eigenvalue weighted by Gasteiger charge is 2.30. The molecule has 5 heteroatoms. The molecule has 1 aliphatic rings. The van der Waals surface area contributed by atoms with Gasteiger partial charge in [-0.05, 0) is 0 Å². The first-order valence-electron chi connectivity index (χ1n) is 4.88.